The normalized spacial score (nSPS) is 16.0. The SMILES string of the molecule is O=C(OCc1nc(-c2cccs2)n[nH]1)[C@@H]1CCCN1C(=O)OCc1ccccc1. The maximum Gasteiger partial charge on any atom is 0.410 e. The van der Waals surface area contributed by atoms with Gasteiger partial charge in [-0.15, -0.1) is 11.3 Å². The van der Waals surface area contributed by atoms with E-state index < -0.39 is 18.1 Å². The van der Waals surface area contributed by atoms with E-state index in [2.05, 4.69) is 15.2 Å². The van der Waals surface area contributed by atoms with Crippen molar-refractivity contribution in [3.63, 3.8) is 0 Å². The van der Waals surface area contributed by atoms with E-state index in [9.17, 15) is 9.59 Å². The Kier molecular flexibility index (Phi) is 5.85. The highest BCUT2D eigenvalue weighted by Crippen LogP contribution is 2.22. The van der Waals surface area contributed by atoms with Gasteiger partial charge in [0.15, 0.2) is 18.3 Å². The Morgan fingerprint density at radius 3 is 2.79 bits per heavy atom. The van der Waals surface area contributed by atoms with Gasteiger partial charge in [-0.1, -0.05) is 36.4 Å². The third-order valence-corrected chi connectivity index (χ3v) is 5.45. The predicted octanol–water partition coefficient (Wildman–Crippen LogP) is 3.38. The molecule has 29 heavy (non-hydrogen) atoms. The average Bonchev–Trinajstić information content (AvgIpc) is 3.51. The van der Waals surface area contributed by atoms with Gasteiger partial charge in [0, 0.05) is 6.54 Å². The van der Waals surface area contributed by atoms with Crippen molar-refractivity contribution in [2.75, 3.05) is 6.54 Å². The van der Waals surface area contributed by atoms with Gasteiger partial charge in [-0.05, 0) is 29.9 Å². The first-order chi connectivity index (χ1) is 14.2. The monoisotopic (exact) mass is 412 g/mol. The molecule has 2 aromatic heterocycles. The Morgan fingerprint density at radius 2 is 2.00 bits per heavy atom. The predicted molar refractivity (Wildman–Crippen MR) is 106 cm³/mol. The van der Waals surface area contributed by atoms with Gasteiger partial charge in [0.2, 0.25) is 0 Å². The molecule has 150 valence electrons. The van der Waals surface area contributed by atoms with Crippen molar-refractivity contribution in [3.8, 4) is 10.7 Å². The molecule has 0 bridgehead atoms. The average molecular weight is 412 g/mol. The van der Waals surface area contributed by atoms with E-state index in [0.29, 0.717) is 24.6 Å². The van der Waals surface area contributed by atoms with Crippen LogP contribution in [0.5, 0.6) is 0 Å². The molecular weight excluding hydrogens is 392 g/mol. The maximum absolute atomic E-state index is 12.5. The largest absolute Gasteiger partial charge is 0.456 e. The molecule has 0 aliphatic carbocycles. The zero-order valence-electron chi connectivity index (χ0n) is 15.6. The second-order valence-corrected chi connectivity index (χ2v) is 7.53. The molecule has 0 radical (unpaired) electrons. The summed E-state index contributed by atoms with van der Waals surface area (Å²) in [7, 11) is 0. The molecule has 4 rings (SSSR count). The van der Waals surface area contributed by atoms with Crippen LogP contribution in [0.1, 0.15) is 24.2 Å². The third-order valence-electron chi connectivity index (χ3n) is 4.59. The second kappa shape index (κ2) is 8.87. The van der Waals surface area contributed by atoms with Gasteiger partial charge < -0.3 is 9.47 Å². The topological polar surface area (TPSA) is 97.4 Å². The van der Waals surface area contributed by atoms with Crippen molar-refractivity contribution in [2.45, 2.75) is 32.1 Å². The van der Waals surface area contributed by atoms with Crippen LogP contribution < -0.4 is 0 Å². The minimum atomic E-state index is -0.641. The van der Waals surface area contributed by atoms with Crippen molar-refractivity contribution < 1.29 is 19.1 Å². The van der Waals surface area contributed by atoms with Crippen LogP contribution >= 0.6 is 11.3 Å². The Bertz CT molecular complexity index is 958. The van der Waals surface area contributed by atoms with Crippen LogP contribution in [0.3, 0.4) is 0 Å². The molecule has 1 aliphatic rings. The summed E-state index contributed by atoms with van der Waals surface area (Å²) in [5, 5.41) is 8.85. The lowest BCUT2D eigenvalue weighted by molar-refractivity contribution is -0.150. The van der Waals surface area contributed by atoms with Crippen LogP contribution in [0.15, 0.2) is 47.8 Å². The number of benzene rings is 1. The van der Waals surface area contributed by atoms with Gasteiger partial charge in [0.25, 0.3) is 0 Å². The highest BCUT2D eigenvalue weighted by molar-refractivity contribution is 7.13. The van der Waals surface area contributed by atoms with Crippen molar-refractivity contribution in [2.24, 2.45) is 0 Å². The van der Waals surface area contributed by atoms with Gasteiger partial charge in [-0.25, -0.2) is 14.6 Å². The molecule has 1 aliphatic heterocycles. The van der Waals surface area contributed by atoms with Crippen LogP contribution in [0.2, 0.25) is 0 Å². The summed E-state index contributed by atoms with van der Waals surface area (Å²) >= 11 is 1.53. The minimum Gasteiger partial charge on any atom is -0.456 e. The van der Waals surface area contributed by atoms with Crippen molar-refractivity contribution >= 4 is 23.4 Å². The van der Waals surface area contributed by atoms with Crippen LogP contribution in [-0.2, 0) is 27.5 Å². The Morgan fingerprint density at radius 1 is 1.14 bits per heavy atom. The summed E-state index contributed by atoms with van der Waals surface area (Å²) in [5.74, 6) is 0.559. The van der Waals surface area contributed by atoms with Gasteiger partial charge in [0.1, 0.15) is 12.6 Å². The van der Waals surface area contributed by atoms with Gasteiger partial charge >= 0.3 is 12.1 Å². The number of nitrogens with zero attached hydrogens (tertiary/aromatic N) is 3. The maximum atomic E-state index is 12.5. The fraction of sp³-hybridized carbons (Fsp3) is 0.300. The summed E-state index contributed by atoms with van der Waals surface area (Å²) in [6.07, 6.45) is 0.772. The molecule has 3 aromatic rings. The smallest absolute Gasteiger partial charge is 0.410 e. The molecule has 0 saturated carbocycles. The number of ether oxygens (including phenoxy) is 2. The van der Waals surface area contributed by atoms with Gasteiger partial charge in [0.05, 0.1) is 4.88 Å². The molecule has 0 unspecified atom stereocenters. The standard InChI is InChI=1S/C20H20N4O4S/c25-19(27-13-17-21-18(23-22-17)16-9-5-11-29-16)15-8-4-10-24(15)20(26)28-12-14-6-2-1-3-7-14/h1-3,5-7,9,11,15H,4,8,10,12-13H2,(H,21,22,23)/t15-/m0/s1. The summed E-state index contributed by atoms with van der Waals surface area (Å²) in [4.78, 5) is 31.6. The Hall–Kier alpha value is -3.20. The molecule has 8 nitrogen and oxygen atoms in total. The zero-order chi connectivity index (χ0) is 20.1. The first-order valence-electron chi connectivity index (χ1n) is 9.30. The zero-order valence-corrected chi connectivity index (χ0v) is 16.4. The number of thiophene rings is 1. The number of carbonyl (C=O) groups is 2. The van der Waals surface area contributed by atoms with E-state index in [1.165, 1.54) is 16.2 Å². The number of esters is 1. The highest BCUT2D eigenvalue weighted by atomic mass is 32.1. The summed E-state index contributed by atoms with van der Waals surface area (Å²) < 4.78 is 10.7. The third kappa shape index (κ3) is 4.62. The number of rotatable bonds is 6. The van der Waals surface area contributed by atoms with Crippen LogP contribution in [0, 0.1) is 0 Å². The minimum absolute atomic E-state index is 0.0272. The fourth-order valence-corrected chi connectivity index (χ4v) is 3.80. The molecule has 3 heterocycles. The quantitative estimate of drug-likeness (QED) is 0.624. The number of aromatic nitrogens is 3. The molecule has 1 N–H and O–H groups in total. The van der Waals surface area contributed by atoms with E-state index in [0.717, 1.165) is 16.9 Å². The van der Waals surface area contributed by atoms with Crippen LogP contribution in [0.4, 0.5) is 4.79 Å². The molecule has 1 saturated heterocycles. The van der Waals surface area contributed by atoms with Crippen molar-refractivity contribution in [1.29, 1.82) is 0 Å². The van der Waals surface area contributed by atoms with Crippen molar-refractivity contribution in [3.05, 3.63) is 59.2 Å². The van der Waals surface area contributed by atoms with Crippen molar-refractivity contribution in [1.82, 2.24) is 20.1 Å². The number of carbonyl (C=O) groups excluding carboxylic acids is 2. The number of nitrogens with one attached hydrogen (secondary N) is 1. The fourth-order valence-electron chi connectivity index (χ4n) is 3.14. The van der Waals surface area contributed by atoms with Crippen LogP contribution in [0.25, 0.3) is 10.7 Å². The number of likely N-dealkylation sites (tertiary alicyclic amines) is 1. The number of H-pyrrole nitrogens is 1. The number of aromatic amines is 1. The highest BCUT2D eigenvalue weighted by Gasteiger charge is 2.36. The molecule has 9 heteroatoms. The van der Waals surface area contributed by atoms with E-state index >= 15 is 0 Å². The molecule has 1 fully saturated rings. The number of amides is 1. The van der Waals surface area contributed by atoms with Gasteiger partial charge in [-0.3, -0.25) is 10.00 Å². The Labute approximate surface area is 171 Å². The van der Waals surface area contributed by atoms with E-state index in [1.54, 1.807) is 0 Å². The summed E-state index contributed by atoms with van der Waals surface area (Å²) in [6, 6.07) is 12.6. The second-order valence-electron chi connectivity index (χ2n) is 6.58. The molecule has 1 atom stereocenters. The first-order valence-corrected chi connectivity index (χ1v) is 10.2. The van der Waals surface area contributed by atoms with E-state index in [1.807, 2.05) is 47.8 Å². The van der Waals surface area contributed by atoms with Gasteiger partial charge in [-0.2, -0.15) is 5.10 Å². The lowest BCUT2D eigenvalue weighted by atomic mass is 10.2. The molecule has 0 spiro atoms. The number of hydrogen-bond donors (Lipinski definition) is 1. The van der Waals surface area contributed by atoms with E-state index in [-0.39, 0.29) is 13.2 Å². The van der Waals surface area contributed by atoms with Crippen LogP contribution in [-0.4, -0.2) is 44.7 Å². The van der Waals surface area contributed by atoms with E-state index in [4.69, 9.17) is 9.47 Å². The summed E-state index contributed by atoms with van der Waals surface area (Å²) in [5.41, 5.74) is 0.894. The first kappa shape index (κ1) is 19.1. The lowest BCUT2D eigenvalue weighted by Crippen LogP contribution is -2.41. The molecule has 1 amide bonds. The Balaban J connectivity index is 1.30. The summed E-state index contributed by atoms with van der Waals surface area (Å²) in [6.45, 7) is 0.611. The lowest BCUT2D eigenvalue weighted by Gasteiger charge is -2.22. The number of hydrogen-bond acceptors (Lipinski definition) is 7. The molecule has 1 aromatic carbocycles. The molecular formula is C20H20N4O4S.